The Balaban J connectivity index is 0.000000292. The second-order valence-corrected chi connectivity index (χ2v) is 13.0. The highest BCUT2D eigenvalue weighted by Crippen LogP contribution is 2.68. The summed E-state index contributed by atoms with van der Waals surface area (Å²) in [5.41, 5.74) is 0.581. The SMILES string of the molecule is C[C@]12CC[C@H]3[C@@H](CCC4CCCC[C@@]43C)[C@@H]1CC[C@@H]2C(O)=C(O)O.O=S(=O)(O)OS(=O)(=O)O. The van der Waals surface area contributed by atoms with E-state index in [1.165, 1.54) is 44.9 Å². The van der Waals surface area contributed by atoms with Crippen LogP contribution in [0.4, 0.5) is 0 Å². The van der Waals surface area contributed by atoms with Crippen LogP contribution in [0.2, 0.25) is 0 Å². The molecule has 0 aromatic carbocycles. The molecule has 0 bridgehead atoms. The minimum absolute atomic E-state index is 0.0415. The van der Waals surface area contributed by atoms with E-state index in [0.29, 0.717) is 11.3 Å². The fourth-order valence-electron chi connectivity index (χ4n) is 8.01. The van der Waals surface area contributed by atoms with Crippen LogP contribution in [-0.4, -0.2) is 41.3 Å². The summed E-state index contributed by atoms with van der Waals surface area (Å²) in [6, 6.07) is 0. The van der Waals surface area contributed by atoms with Gasteiger partial charge in [-0.2, -0.15) is 16.8 Å². The predicted octanol–water partition coefficient (Wildman–Crippen LogP) is 4.49. The lowest BCUT2D eigenvalue weighted by Gasteiger charge is -2.60. The number of aliphatic hydroxyl groups excluding tert-OH is 2. The molecule has 0 aromatic rings. The Hall–Kier alpha value is -1.08. The molecule has 0 aromatic heterocycles. The van der Waals surface area contributed by atoms with Crippen molar-refractivity contribution >= 4 is 20.8 Å². The first kappa shape index (κ1) is 26.5. The molecule has 4 aliphatic rings. The molecule has 4 saturated carbocycles. The number of allylic oxidation sites excluding steroid dienone is 1. The number of hydrogen-bond donors (Lipinski definition) is 5. The Morgan fingerprint density at radius 2 is 1.36 bits per heavy atom. The van der Waals surface area contributed by atoms with Crippen molar-refractivity contribution in [1.82, 2.24) is 0 Å². The normalized spacial score (nSPS) is 40.4. The first-order valence-electron chi connectivity index (χ1n) is 11.6. The van der Waals surface area contributed by atoms with Crippen molar-refractivity contribution in [1.29, 1.82) is 0 Å². The van der Waals surface area contributed by atoms with Crippen LogP contribution in [0.15, 0.2) is 11.7 Å². The molecule has 5 N–H and O–H groups in total. The molecule has 4 rings (SSSR count). The van der Waals surface area contributed by atoms with Gasteiger partial charge in [0, 0.05) is 5.92 Å². The molecule has 0 radical (unpaired) electrons. The number of aliphatic hydroxyl groups is 3. The van der Waals surface area contributed by atoms with Gasteiger partial charge in [0.1, 0.15) is 0 Å². The molecular weight excluding hydrogens is 476 g/mol. The smallest absolute Gasteiger partial charge is 0.413 e. The summed E-state index contributed by atoms with van der Waals surface area (Å²) in [5.74, 6) is 2.13. The quantitative estimate of drug-likeness (QED) is 0.267. The van der Waals surface area contributed by atoms with Gasteiger partial charge in [0.25, 0.3) is 0 Å². The van der Waals surface area contributed by atoms with Crippen LogP contribution in [0.25, 0.3) is 0 Å². The lowest BCUT2D eigenvalue weighted by atomic mass is 9.45. The highest BCUT2D eigenvalue weighted by Gasteiger charge is 2.60. The fraction of sp³-hybridized carbons (Fsp3) is 0.905. The summed E-state index contributed by atoms with van der Waals surface area (Å²) < 4.78 is 55.6. The maximum absolute atomic E-state index is 10.2. The third-order valence-electron chi connectivity index (χ3n) is 9.31. The van der Waals surface area contributed by atoms with Crippen LogP contribution in [-0.2, 0) is 24.4 Å². The van der Waals surface area contributed by atoms with Gasteiger partial charge in [-0.3, -0.25) is 9.11 Å². The minimum atomic E-state index is -5.12. The van der Waals surface area contributed by atoms with E-state index >= 15 is 0 Å². The summed E-state index contributed by atoms with van der Waals surface area (Å²) in [6.45, 7) is 4.89. The zero-order chi connectivity index (χ0) is 24.8. The Bertz CT molecular complexity index is 941. The third-order valence-corrected chi connectivity index (χ3v) is 10.7. The molecule has 7 atom stereocenters. The highest BCUT2D eigenvalue weighted by molar-refractivity contribution is 7.94. The average molecular weight is 513 g/mol. The lowest BCUT2D eigenvalue weighted by molar-refractivity contribution is -0.111. The summed E-state index contributed by atoms with van der Waals surface area (Å²) in [5, 5.41) is 29.0. The second kappa shape index (κ2) is 9.18. The minimum Gasteiger partial charge on any atom is -0.505 e. The first-order chi connectivity index (χ1) is 15.1. The van der Waals surface area contributed by atoms with Gasteiger partial charge in [0.15, 0.2) is 5.76 Å². The van der Waals surface area contributed by atoms with Gasteiger partial charge in [0.05, 0.1) is 0 Å². The van der Waals surface area contributed by atoms with Crippen LogP contribution in [0.5, 0.6) is 0 Å². The van der Waals surface area contributed by atoms with Crippen LogP contribution in [0, 0.1) is 40.4 Å². The van der Waals surface area contributed by atoms with Gasteiger partial charge in [-0.15, -0.1) is 3.63 Å². The topological polar surface area (TPSA) is 179 Å². The van der Waals surface area contributed by atoms with E-state index in [-0.39, 0.29) is 17.1 Å². The first-order valence-corrected chi connectivity index (χ1v) is 14.3. The Kier molecular flexibility index (Phi) is 7.38. The average Bonchev–Trinajstić information content (AvgIpc) is 3.01. The van der Waals surface area contributed by atoms with E-state index in [4.69, 9.17) is 9.11 Å². The highest BCUT2D eigenvalue weighted by atomic mass is 32.3. The molecule has 0 saturated heterocycles. The van der Waals surface area contributed by atoms with Crippen LogP contribution in [0.3, 0.4) is 0 Å². The van der Waals surface area contributed by atoms with Crippen molar-refractivity contribution < 1.29 is 44.9 Å². The molecule has 0 amide bonds. The number of hydrogen-bond acceptors (Lipinski definition) is 8. The van der Waals surface area contributed by atoms with Crippen molar-refractivity contribution in [3.8, 4) is 0 Å². The van der Waals surface area contributed by atoms with Crippen LogP contribution < -0.4 is 0 Å². The largest absolute Gasteiger partial charge is 0.505 e. The van der Waals surface area contributed by atoms with Crippen molar-refractivity contribution in [2.45, 2.75) is 78.1 Å². The maximum atomic E-state index is 10.2. The van der Waals surface area contributed by atoms with Crippen LogP contribution in [0.1, 0.15) is 78.1 Å². The summed E-state index contributed by atoms with van der Waals surface area (Å²) >= 11 is 0. The van der Waals surface area contributed by atoms with E-state index in [9.17, 15) is 32.2 Å². The Morgan fingerprint density at radius 3 is 1.91 bits per heavy atom. The van der Waals surface area contributed by atoms with Gasteiger partial charge < -0.3 is 15.3 Å². The van der Waals surface area contributed by atoms with Gasteiger partial charge in [-0.05, 0) is 85.9 Å². The van der Waals surface area contributed by atoms with Gasteiger partial charge in [-0.1, -0.05) is 26.7 Å². The standard InChI is InChI=1S/C21H34O3.H2O7S2/c1-20-11-4-3-5-13(20)6-7-14-15-8-9-17(18(22)19(23)24)21(15,2)12-10-16(14)20;1-8(2,3)7-9(4,5)6/h13-17,22-24H,3-12H2,1-2H3;(H,1,2,3)(H,4,5,6)/t13?,14-,15-,16-,17+,20-,21-;/m0./s1. The molecule has 33 heavy (non-hydrogen) atoms. The zero-order valence-electron chi connectivity index (χ0n) is 19.1. The second-order valence-electron chi connectivity index (χ2n) is 10.7. The number of rotatable bonds is 3. The van der Waals surface area contributed by atoms with Crippen LogP contribution >= 0.6 is 0 Å². The molecule has 4 fully saturated rings. The molecule has 0 aliphatic heterocycles. The van der Waals surface area contributed by atoms with Gasteiger partial charge >= 0.3 is 26.7 Å². The molecule has 10 nitrogen and oxygen atoms in total. The number of fused-ring (bicyclic) bond motifs is 5. The molecule has 4 aliphatic carbocycles. The molecule has 12 heteroatoms. The predicted molar refractivity (Wildman–Crippen MR) is 119 cm³/mol. The molecule has 192 valence electrons. The fourth-order valence-corrected chi connectivity index (χ4v) is 8.88. The summed E-state index contributed by atoms with van der Waals surface area (Å²) in [4.78, 5) is 0. The van der Waals surface area contributed by atoms with E-state index in [2.05, 4.69) is 17.5 Å². The Morgan fingerprint density at radius 1 is 0.758 bits per heavy atom. The molecular formula is C21H36O10S2. The van der Waals surface area contributed by atoms with E-state index in [1.54, 1.807) is 0 Å². The molecule has 0 spiro atoms. The lowest BCUT2D eigenvalue weighted by Crippen LogP contribution is -2.52. The van der Waals surface area contributed by atoms with Crippen molar-refractivity contribution in [2.75, 3.05) is 0 Å². The zero-order valence-corrected chi connectivity index (χ0v) is 20.7. The van der Waals surface area contributed by atoms with Crippen molar-refractivity contribution in [3.05, 3.63) is 11.7 Å². The molecule has 0 heterocycles. The monoisotopic (exact) mass is 512 g/mol. The van der Waals surface area contributed by atoms with Crippen molar-refractivity contribution in [2.24, 2.45) is 40.4 Å². The van der Waals surface area contributed by atoms with Crippen molar-refractivity contribution in [3.63, 3.8) is 0 Å². The third kappa shape index (κ3) is 5.44. The summed E-state index contributed by atoms with van der Waals surface area (Å²) in [7, 11) is -10.2. The summed E-state index contributed by atoms with van der Waals surface area (Å²) in [6.07, 6.45) is 12.9. The van der Waals surface area contributed by atoms with E-state index in [0.717, 1.165) is 37.0 Å². The van der Waals surface area contributed by atoms with Gasteiger partial charge in [0.2, 0.25) is 0 Å². The Labute approximate surface area is 196 Å². The van der Waals surface area contributed by atoms with E-state index < -0.39 is 26.7 Å². The van der Waals surface area contributed by atoms with E-state index in [1.807, 2.05) is 0 Å². The van der Waals surface area contributed by atoms with Gasteiger partial charge in [-0.25, -0.2) is 0 Å². The molecule has 1 unspecified atom stereocenters. The maximum Gasteiger partial charge on any atom is 0.413 e.